The molecule has 2 aromatic carbocycles. The molecule has 0 aromatic heterocycles. The molecule has 0 bridgehead atoms. The van der Waals surface area contributed by atoms with Gasteiger partial charge in [-0.1, -0.05) is 53.0 Å². The smallest absolute Gasteiger partial charge is 0.313 e. The maximum atomic E-state index is 11.8. The second kappa shape index (κ2) is 8.20. The molecule has 23 heavy (non-hydrogen) atoms. The maximum absolute atomic E-state index is 11.8. The van der Waals surface area contributed by atoms with Crippen LogP contribution in [0, 0.1) is 0 Å². The fraction of sp³-hybridized carbons (Fsp3) is 0.125. The third kappa shape index (κ3) is 5.13. The van der Waals surface area contributed by atoms with E-state index in [0.717, 1.165) is 5.56 Å². The van der Waals surface area contributed by atoms with Gasteiger partial charge in [-0.2, -0.15) is 0 Å². The minimum Gasteiger partial charge on any atom is -0.347 e. The van der Waals surface area contributed by atoms with Crippen LogP contribution < -0.4 is 10.6 Å². The van der Waals surface area contributed by atoms with Gasteiger partial charge in [0.2, 0.25) is 0 Å². The SMILES string of the molecule is O=C(NCCc1ccc(Cl)cc1)C(=O)Nc1cccc(Cl)c1Cl. The van der Waals surface area contributed by atoms with Gasteiger partial charge in [0.15, 0.2) is 0 Å². The summed E-state index contributed by atoms with van der Waals surface area (Å²) in [4.78, 5) is 23.6. The van der Waals surface area contributed by atoms with Gasteiger partial charge in [0, 0.05) is 11.6 Å². The van der Waals surface area contributed by atoms with Crippen molar-refractivity contribution in [3.8, 4) is 0 Å². The predicted octanol–water partition coefficient (Wildman–Crippen LogP) is 3.94. The highest BCUT2D eigenvalue weighted by Gasteiger charge is 2.15. The predicted molar refractivity (Wildman–Crippen MR) is 93.3 cm³/mol. The first-order valence-electron chi connectivity index (χ1n) is 6.75. The number of carbonyl (C=O) groups is 2. The van der Waals surface area contributed by atoms with Gasteiger partial charge in [0.1, 0.15) is 0 Å². The highest BCUT2D eigenvalue weighted by molar-refractivity contribution is 6.45. The summed E-state index contributed by atoms with van der Waals surface area (Å²) in [5, 5.41) is 6.10. The van der Waals surface area contributed by atoms with E-state index in [-0.39, 0.29) is 10.7 Å². The second-order valence-corrected chi connectivity index (χ2v) is 5.91. The number of carbonyl (C=O) groups excluding carboxylic acids is 2. The maximum Gasteiger partial charge on any atom is 0.313 e. The molecule has 4 nitrogen and oxygen atoms in total. The Balaban J connectivity index is 1.84. The van der Waals surface area contributed by atoms with Gasteiger partial charge in [-0.15, -0.1) is 0 Å². The van der Waals surface area contributed by atoms with Crippen molar-refractivity contribution in [2.45, 2.75) is 6.42 Å². The fourth-order valence-electron chi connectivity index (χ4n) is 1.83. The van der Waals surface area contributed by atoms with Crippen LogP contribution in [0.15, 0.2) is 42.5 Å². The average molecular weight is 372 g/mol. The van der Waals surface area contributed by atoms with E-state index in [0.29, 0.717) is 23.0 Å². The van der Waals surface area contributed by atoms with Crippen LogP contribution in [0.1, 0.15) is 5.56 Å². The molecule has 0 atom stereocenters. The fourth-order valence-corrected chi connectivity index (χ4v) is 2.30. The van der Waals surface area contributed by atoms with Crippen molar-refractivity contribution in [2.75, 3.05) is 11.9 Å². The van der Waals surface area contributed by atoms with Crippen molar-refractivity contribution in [3.63, 3.8) is 0 Å². The molecule has 0 saturated heterocycles. The van der Waals surface area contributed by atoms with Crippen molar-refractivity contribution < 1.29 is 9.59 Å². The first-order chi connectivity index (χ1) is 11.0. The Labute approximate surface area is 148 Å². The third-order valence-electron chi connectivity index (χ3n) is 3.02. The van der Waals surface area contributed by atoms with E-state index in [2.05, 4.69) is 10.6 Å². The number of benzene rings is 2. The summed E-state index contributed by atoms with van der Waals surface area (Å²) in [6.45, 7) is 0.331. The Morgan fingerprint density at radius 2 is 1.61 bits per heavy atom. The molecule has 2 N–H and O–H groups in total. The van der Waals surface area contributed by atoms with Gasteiger partial charge in [0.05, 0.1) is 15.7 Å². The van der Waals surface area contributed by atoms with Gasteiger partial charge in [-0.25, -0.2) is 0 Å². The molecule has 0 aliphatic rings. The molecule has 2 amide bonds. The normalized spacial score (nSPS) is 10.2. The van der Waals surface area contributed by atoms with Crippen LogP contribution in [0.5, 0.6) is 0 Å². The lowest BCUT2D eigenvalue weighted by Gasteiger charge is -2.08. The molecule has 0 aliphatic heterocycles. The Hall–Kier alpha value is -1.75. The lowest BCUT2D eigenvalue weighted by atomic mass is 10.1. The molecule has 2 rings (SSSR count). The van der Waals surface area contributed by atoms with Crippen molar-refractivity contribution in [2.24, 2.45) is 0 Å². The van der Waals surface area contributed by atoms with Crippen LogP contribution in [0.25, 0.3) is 0 Å². The number of anilines is 1. The van der Waals surface area contributed by atoms with Crippen LogP contribution in [0.4, 0.5) is 5.69 Å². The van der Waals surface area contributed by atoms with E-state index in [1.807, 2.05) is 12.1 Å². The lowest BCUT2D eigenvalue weighted by molar-refractivity contribution is -0.136. The second-order valence-electron chi connectivity index (χ2n) is 4.69. The van der Waals surface area contributed by atoms with Gasteiger partial charge in [-0.3, -0.25) is 9.59 Å². The third-order valence-corrected chi connectivity index (χ3v) is 4.09. The first kappa shape index (κ1) is 17.6. The molecule has 0 fully saturated rings. The first-order valence-corrected chi connectivity index (χ1v) is 7.88. The van der Waals surface area contributed by atoms with E-state index in [4.69, 9.17) is 34.8 Å². The van der Waals surface area contributed by atoms with Gasteiger partial charge in [-0.05, 0) is 36.2 Å². The number of hydrogen-bond acceptors (Lipinski definition) is 2. The molecule has 2 aromatic rings. The summed E-state index contributed by atoms with van der Waals surface area (Å²) in [6, 6.07) is 12.0. The molecule has 7 heteroatoms. The van der Waals surface area contributed by atoms with Gasteiger partial charge >= 0.3 is 11.8 Å². The molecule has 0 spiro atoms. The molecule has 0 aliphatic carbocycles. The summed E-state index contributed by atoms with van der Waals surface area (Å²) in [5.74, 6) is -1.54. The number of rotatable bonds is 4. The van der Waals surface area contributed by atoms with Crippen LogP contribution in [0.2, 0.25) is 15.1 Å². The summed E-state index contributed by atoms with van der Waals surface area (Å²) in [7, 11) is 0. The minimum absolute atomic E-state index is 0.191. The summed E-state index contributed by atoms with van der Waals surface area (Å²) in [5.41, 5.74) is 1.30. The summed E-state index contributed by atoms with van der Waals surface area (Å²) in [6.07, 6.45) is 0.591. The number of halogens is 3. The van der Waals surface area contributed by atoms with Gasteiger partial charge in [0.25, 0.3) is 0 Å². The standard InChI is InChI=1S/C16H13Cl3N2O2/c17-11-6-4-10(5-7-11)8-9-20-15(22)16(23)21-13-3-1-2-12(18)14(13)19/h1-7H,8-9H2,(H,20,22)(H,21,23). The van der Waals surface area contributed by atoms with E-state index in [9.17, 15) is 9.59 Å². The van der Waals surface area contributed by atoms with E-state index in [1.165, 1.54) is 0 Å². The van der Waals surface area contributed by atoms with E-state index < -0.39 is 11.8 Å². The zero-order valence-corrected chi connectivity index (χ0v) is 14.2. The lowest BCUT2D eigenvalue weighted by Crippen LogP contribution is -2.36. The zero-order valence-electron chi connectivity index (χ0n) is 11.9. The number of amides is 2. The topological polar surface area (TPSA) is 58.2 Å². The largest absolute Gasteiger partial charge is 0.347 e. The Bertz CT molecular complexity index is 718. The van der Waals surface area contributed by atoms with Crippen LogP contribution in [-0.4, -0.2) is 18.4 Å². The molecule has 0 unspecified atom stereocenters. The van der Waals surface area contributed by atoms with Crippen LogP contribution >= 0.6 is 34.8 Å². The van der Waals surface area contributed by atoms with E-state index >= 15 is 0 Å². The molecular formula is C16H13Cl3N2O2. The van der Waals surface area contributed by atoms with Crippen molar-refractivity contribution >= 4 is 52.3 Å². The quantitative estimate of drug-likeness (QED) is 0.800. The summed E-state index contributed by atoms with van der Waals surface area (Å²) < 4.78 is 0. The molecular weight excluding hydrogens is 359 g/mol. The molecule has 0 heterocycles. The monoisotopic (exact) mass is 370 g/mol. The molecule has 120 valence electrons. The van der Waals surface area contributed by atoms with E-state index in [1.54, 1.807) is 30.3 Å². The number of hydrogen-bond donors (Lipinski definition) is 2. The zero-order chi connectivity index (χ0) is 16.8. The Kier molecular flexibility index (Phi) is 6.28. The Morgan fingerprint density at radius 1 is 0.913 bits per heavy atom. The molecule has 0 saturated carbocycles. The highest BCUT2D eigenvalue weighted by Crippen LogP contribution is 2.29. The van der Waals surface area contributed by atoms with Crippen molar-refractivity contribution in [1.29, 1.82) is 0 Å². The highest BCUT2D eigenvalue weighted by atomic mass is 35.5. The van der Waals surface area contributed by atoms with Crippen LogP contribution in [-0.2, 0) is 16.0 Å². The van der Waals surface area contributed by atoms with Crippen LogP contribution in [0.3, 0.4) is 0 Å². The molecule has 0 radical (unpaired) electrons. The van der Waals surface area contributed by atoms with Crippen molar-refractivity contribution in [3.05, 3.63) is 63.1 Å². The minimum atomic E-state index is -0.801. The summed E-state index contributed by atoms with van der Waals surface area (Å²) >= 11 is 17.6. The average Bonchev–Trinajstić information content (AvgIpc) is 2.53. The Morgan fingerprint density at radius 3 is 2.30 bits per heavy atom. The van der Waals surface area contributed by atoms with Crippen molar-refractivity contribution in [1.82, 2.24) is 5.32 Å². The van der Waals surface area contributed by atoms with Gasteiger partial charge < -0.3 is 10.6 Å². The number of nitrogens with one attached hydrogen (secondary N) is 2.